The highest BCUT2D eigenvalue weighted by atomic mass is 35.5. The number of benzene rings is 2. The molecular weight excluding hydrogens is 374 g/mol. The number of rotatable bonds is 5. The highest BCUT2D eigenvalue weighted by molar-refractivity contribution is 6.33. The lowest BCUT2D eigenvalue weighted by molar-refractivity contribution is 0.0940. The largest absolute Gasteiger partial charge is 0.467 e. The molecule has 0 saturated heterocycles. The minimum atomic E-state index is -0.247. The molecular formula is C22H18ClN3O2. The molecule has 6 heteroatoms. The number of nitrogens with zero attached hydrogens (tertiary/aromatic N) is 2. The third-order valence-corrected chi connectivity index (χ3v) is 4.67. The van der Waals surface area contributed by atoms with Gasteiger partial charge in [0, 0.05) is 5.56 Å². The topological polar surface area (TPSA) is 60.1 Å². The number of carbonyl (C=O) groups is 1. The van der Waals surface area contributed by atoms with Crippen LogP contribution < -0.4 is 5.32 Å². The maximum atomic E-state index is 12.9. The van der Waals surface area contributed by atoms with Crippen LogP contribution in [0.15, 0.2) is 77.4 Å². The van der Waals surface area contributed by atoms with Crippen molar-refractivity contribution in [2.45, 2.75) is 13.5 Å². The van der Waals surface area contributed by atoms with Crippen molar-refractivity contribution in [3.63, 3.8) is 0 Å². The van der Waals surface area contributed by atoms with Gasteiger partial charge in [-0.15, -0.1) is 0 Å². The molecule has 0 aliphatic rings. The van der Waals surface area contributed by atoms with Crippen LogP contribution in [-0.2, 0) is 6.54 Å². The van der Waals surface area contributed by atoms with Gasteiger partial charge in [0.05, 0.1) is 29.2 Å². The summed E-state index contributed by atoms with van der Waals surface area (Å²) in [4.78, 5) is 12.9. The molecule has 0 spiro atoms. The molecule has 2 aromatic carbocycles. The molecule has 0 aliphatic carbocycles. The van der Waals surface area contributed by atoms with Crippen LogP contribution in [0.5, 0.6) is 0 Å². The Bertz CT molecular complexity index is 1120. The standard InChI is InChI=1S/C22H18ClN3O2/c1-15-6-4-7-16(12-15)26-21(22(27)24-14-17-8-5-11-28-17)13-20(25-26)18-9-2-3-10-19(18)23/h2-13H,14H2,1H3,(H,24,27). The van der Waals surface area contributed by atoms with Crippen molar-refractivity contribution in [2.24, 2.45) is 0 Å². The Morgan fingerprint density at radius 2 is 1.96 bits per heavy atom. The van der Waals surface area contributed by atoms with Crippen molar-refractivity contribution in [1.29, 1.82) is 0 Å². The SMILES string of the molecule is Cc1cccc(-n2nc(-c3ccccc3Cl)cc2C(=O)NCc2ccco2)c1. The quantitative estimate of drug-likeness (QED) is 0.519. The first-order chi connectivity index (χ1) is 13.6. The first-order valence-electron chi connectivity index (χ1n) is 8.84. The Balaban J connectivity index is 1.74. The average molecular weight is 392 g/mol. The summed E-state index contributed by atoms with van der Waals surface area (Å²) in [6.45, 7) is 2.30. The summed E-state index contributed by atoms with van der Waals surface area (Å²) in [6, 6.07) is 20.6. The van der Waals surface area contributed by atoms with Gasteiger partial charge in [-0.25, -0.2) is 4.68 Å². The van der Waals surface area contributed by atoms with Crippen LogP contribution in [0.3, 0.4) is 0 Å². The number of hydrogen-bond donors (Lipinski definition) is 1. The van der Waals surface area contributed by atoms with Crippen LogP contribution in [0.1, 0.15) is 21.8 Å². The maximum absolute atomic E-state index is 12.9. The molecule has 4 aromatic rings. The van der Waals surface area contributed by atoms with Crippen LogP contribution in [0, 0.1) is 6.92 Å². The lowest BCUT2D eigenvalue weighted by Gasteiger charge is -2.08. The van der Waals surface area contributed by atoms with E-state index in [1.54, 1.807) is 29.1 Å². The Labute approximate surface area is 167 Å². The molecule has 0 radical (unpaired) electrons. The fourth-order valence-corrected chi connectivity index (χ4v) is 3.20. The predicted molar refractivity (Wildman–Crippen MR) is 109 cm³/mol. The second-order valence-corrected chi connectivity index (χ2v) is 6.81. The summed E-state index contributed by atoms with van der Waals surface area (Å²) < 4.78 is 6.93. The molecule has 0 saturated carbocycles. The van der Waals surface area contributed by atoms with Gasteiger partial charge in [-0.05, 0) is 48.9 Å². The molecule has 2 heterocycles. The number of aromatic nitrogens is 2. The molecule has 4 rings (SSSR count). The fraction of sp³-hybridized carbons (Fsp3) is 0.0909. The van der Waals surface area contributed by atoms with Crippen molar-refractivity contribution in [2.75, 3.05) is 0 Å². The zero-order valence-corrected chi connectivity index (χ0v) is 16.0. The molecule has 0 fully saturated rings. The molecule has 28 heavy (non-hydrogen) atoms. The van der Waals surface area contributed by atoms with Gasteiger partial charge in [0.2, 0.25) is 0 Å². The van der Waals surface area contributed by atoms with Gasteiger partial charge in [-0.1, -0.05) is 41.9 Å². The third kappa shape index (κ3) is 3.70. The van der Waals surface area contributed by atoms with Gasteiger partial charge >= 0.3 is 0 Å². The number of nitrogens with one attached hydrogen (secondary N) is 1. The first-order valence-corrected chi connectivity index (χ1v) is 9.22. The Morgan fingerprint density at radius 3 is 2.71 bits per heavy atom. The van der Waals surface area contributed by atoms with Gasteiger partial charge < -0.3 is 9.73 Å². The second kappa shape index (κ2) is 7.74. The summed E-state index contributed by atoms with van der Waals surface area (Å²) in [6.07, 6.45) is 1.58. The molecule has 0 atom stereocenters. The number of amides is 1. The summed E-state index contributed by atoms with van der Waals surface area (Å²) in [5, 5.41) is 8.13. The van der Waals surface area contributed by atoms with Crippen molar-refractivity contribution in [1.82, 2.24) is 15.1 Å². The van der Waals surface area contributed by atoms with Gasteiger partial charge in [0.1, 0.15) is 11.5 Å². The lowest BCUT2D eigenvalue weighted by atomic mass is 10.1. The molecule has 140 valence electrons. The van der Waals surface area contributed by atoms with E-state index in [2.05, 4.69) is 10.4 Å². The van der Waals surface area contributed by atoms with E-state index in [4.69, 9.17) is 16.0 Å². The smallest absolute Gasteiger partial charge is 0.270 e. The minimum Gasteiger partial charge on any atom is -0.467 e. The fourth-order valence-electron chi connectivity index (χ4n) is 2.97. The zero-order valence-electron chi connectivity index (χ0n) is 15.2. The number of aryl methyl sites for hydroxylation is 1. The number of carbonyl (C=O) groups excluding carboxylic acids is 1. The molecule has 1 amide bonds. The normalized spacial score (nSPS) is 10.8. The van der Waals surface area contributed by atoms with E-state index in [1.165, 1.54) is 0 Å². The predicted octanol–water partition coefficient (Wildman–Crippen LogP) is 5.02. The van der Waals surface area contributed by atoms with Crippen LogP contribution in [0.25, 0.3) is 16.9 Å². The van der Waals surface area contributed by atoms with E-state index in [9.17, 15) is 4.79 Å². The Kier molecular flexibility index (Phi) is 5.00. The molecule has 0 bridgehead atoms. The van der Waals surface area contributed by atoms with Crippen LogP contribution in [0.4, 0.5) is 0 Å². The number of hydrogen-bond acceptors (Lipinski definition) is 3. The van der Waals surface area contributed by atoms with E-state index in [-0.39, 0.29) is 5.91 Å². The van der Waals surface area contributed by atoms with Crippen LogP contribution in [0.2, 0.25) is 5.02 Å². The maximum Gasteiger partial charge on any atom is 0.270 e. The van der Waals surface area contributed by atoms with Crippen molar-refractivity contribution >= 4 is 17.5 Å². The van der Waals surface area contributed by atoms with Gasteiger partial charge in [0.15, 0.2) is 0 Å². The zero-order chi connectivity index (χ0) is 19.5. The van der Waals surface area contributed by atoms with E-state index in [0.29, 0.717) is 28.7 Å². The molecule has 5 nitrogen and oxygen atoms in total. The lowest BCUT2D eigenvalue weighted by Crippen LogP contribution is -2.25. The Morgan fingerprint density at radius 1 is 1.11 bits per heavy atom. The van der Waals surface area contributed by atoms with Crippen molar-refractivity contribution < 1.29 is 9.21 Å². The summed E-state index contributed by atoms with van der Waals surface area (Å²) in [5.74, 6) is 0.435. The second-order valence-electron chi connectivity index (χ2n) is 6.41. The average Bonchev–Trinajstić information content (AvgIpc) is 3.36. The van der Waals surface area contributed by atoms with Crippen LogP contribution in [-0.4, -0.2) is 15.7 Å². The highest BCUT2D eigenvalue weighted by Gasteiger charge is 2.19. The van der Waals surface area contributed by atoms with E-state index in [0.717, 1.165) is 16.8 Å². The number of halogens is 1. The van der Waals surface area contributed by atoms with E-state index < -0.39 is 0 Å². The van der Waals surface area contributed by atoms with Crippen molar-refractivity contribution in [3.8, 4) is 16.9 Å². The van der Waals surface area contributed by atoms with Gasteiger partial charge in [-0.3, -0.25) is 4.79 Å². The third-order valence-electron chi connectivity index (χ3n) is 4.34. The molecule has 0 unspecified atom stereocenters. The van der Waals surface area contributed by atoms with Gasteiger partial charge in [0.25, 0.3) is 5.91 Å². The number of furan rings is 1. The molecule has 0 aliphatic heterocycles. The summed E-state index contributed by atoms with van der Waals surface area (Å²) >= 11 is 6.34. The molecule has 1 N–H and O–H groups in total. The Hall–Kier alpha value is -3.31. The monoisotopic (exact) mass is 391 g/mol. The van der Waals surface area contributed by atoms with Crippen molar-refractivity contribution in [3.05, 3.63) is 95.0 Å². The van der Waals surface area contributed by atoms with E-state index in [1.807, 2.05) is 55.5 Å². The first kappa shape index (κ1) is 18.1. The highest BCUT2D eigenvalue weighted by Crippen LogP contribution is 2.28. The van der Waals surface area contributed by atoms with E-state index >= 15 is 0 Å². The van der Waals surface area contributed by atoms with Gasteiger partial charge in [-0.2, -0.15) is 5.10 Å². The summed E-state index contributed by atoms with van der Waals surface area (Å²) in [7, 11) is 0. The molecule has 2 aromatic heterocycles. The van der Waals surface area contributed by atoms with Crippen LogP contribution >= 0.6 is 11.6 Å². The minimum absolute atomic E-state index is 0.247. The summed E-state index contributed by atoms with van der Waals surface area (Å²) in [5.41, 5.74) is 3.72.